The Morgan fingerprint density at radius 2 is 2.26 bits per heavy atom. The van der Waals surface area contributed by atoms with Crippen molar-refractivity contribution < 1.29 is 14.3 Å². The number of esters is 1. The van der Waals surface area contributed by atoms with Gasteiger partial charge in [-0.05, 0) is 19.9 Å². The second-order valence-corrected chi connectivity index (χ2v) is 3.83. The van der Waals surface area contributed by atoms with E-state index in [0.717, 1.165) is 5.69 Å². The van der Waals surface area contributed by atoms with Crippen molar-refractivity contribution in [3.05, 3.63) is 29.6 Å². The zero-order valence-corrected chi connectivity index (χ0v) is 10.6. The molecule has 0 unspecified atom stereocenters. The molecule has 0 aliphatic carbocycles. The van der Waals surface area contributed by atoms with Crippen LogP contribution in [0.1, 0.15) is 23.0 Å². The highest BCUT2D eigenvalue weighted by Gasteiger charge is 2.17. The van der Waals surface area contributed by atoms with Crippen molar-refractivity contribution in [1.29, 1.82) is 0 Å². The first-order valence-electron chi connectivity index (χ1n) is 5.72. The number of nitrogens with zero attached hydrogens (tertiary/aromatic N) is 2. The van der Waals surface area contributed by atoms with E-state index in [-0.39, 0.29) is 18.1 Å². The van der Waals surface area contributed by atoms with Crippen LogP contribution in [-0.2, 0) is 4.74 Å². The topological polar surface area (TPSA) is 103 Å². The lowest BCUT2D eigenvalue weighted by Crippen LogP contribution is -2.08. The SMILES string of the molecule is CCOC(=O)c1cc(N)cnc1Oc1cc(C)[nH]n1. The molecule has 0 spiro atoms. The minimum atomic E-state index is -0.537. The third-order valence-corrected chi connectivity index (χ3v) is 2.25. The Balaban J connectivity index is 2.31. The summed E-state index contributed by atoms with van der Waals surface area (Å²) in [6.07, 6.45) is 1.40. The Morgan fingerprint density at radius 1 is 1.47 bits per heavy atom. The standard InChI is InChI=1S/C12H14N4O3/c1-3-18-12(17)9-5-8(13)6-14-11(9)19-10-4-7(2)15-16-10/h4-6H,3,13H2,1-2H3,(H,15,16). The quantitative estimate of drug-likeness (QED) is 0.812. The molecule has 2 heterocycles. The van der Waals surface area contributed by atoms with Gasteiger partial charge >= 0.3 is 5.97 Å². The highest BCUT2D eigenvalue weighted by Crippen LogP contribution is 2.24. The summed E-state index contributed by atoms with van der Waals surface area (Å²) in [6.45, 7) is 3.81. The number of carbonyl (C=O) groups excluding carboxylic acids is 1. The molecule has 0 bridgehead atoms. The Morgan fingerprint density at radius 3 is 2.89 bits per heavy atom. The van der Waals surface area contributed by atoms with Gasteiger partial charge in [-0.3, -0.25) is 5.10 Å². The number of nitrogens with two attached hydrogens (primary N) is 1. The molecule has 0 amide bonds. The number of aromatic amines is 1. The molecular formula is C12H14N4O3. The molecule has 0 aliphatic rings. The number of pyridine rings is 1. The van der Waals surface area contributed by atoms with E-state index in [4.69, 9.17) is 15.2 Å². The lowest BCUT2D eigenvalue weighted by Gasteiger charge is -2.08. The summed E-state index contributed by atoms with van der Waals surface area (Å²) >= 11 is 0. The average molecular weight is 262 g/mol. The second-order valence-electron chi connectivity index (χ2n) is 3.83. The maximum absolute atomic E-state index is 11.8. The largest absolute Gasteiger partial charge is 0.462 e. The number of aryl methyl sites for hydroxylation is 1. The van der Waals surface area contributed by atoms with Gasteiger partial charge in [-0.2, -0.15) is 0 Å². The van der Waals surface area contributed by atoms with Crippen LogP contribution < -0.4 is 10.5 Å². The minimum Gasteiger partial charge on any atom is -0.462 e. The summed E-state index contributed by atoms with van der Waals surface area (Å²) < 4.78 is 10.4. The summed E-state index contributed by atoms with van der Waals surface area (Å²) in [5, 5.41) is 6.64. The van der Waals surface area contributed by atoms with Crippen LogP contribution in [0.5, 0.6) is 11.8 Å². The lowest BCUT2D eigenvalue weighted by molar-refractivity contribution is 0.0522. The molecule has 0 aromatic carbocycles. The van der Waals surface area contributed by atoms with Crippen LogP contribution in [-0.4, -0.2) is 27.8 Å². The molecule has 0 atom stereocenters. The van der Waals surface area contributed by atoms with Crippen molar-refractivity contribution in [3.8, 4) is 11.8 Å². The first kappa shape index (κ1) is 12.9. The number of ether oxygens (including phenoxy) is 2. The van der Waals surface area contributed by atoms with Crippen LogP contribution in [0, 0.1) is 6.92 Å². The molecular weight excluding hydrogens is 248 g/mol. The van der Waals surface area contributed by atoms with Crippen LogP contribution in [0.3, 0.4) is 0 Å². The number of anilines is 1. The number of hydrogen-bond acceptors (Lipinski definition) is 6. The van der Waals surface area contributed by atoms with E-state index < -0.39 is 5.97 Å². The van der Waals surface area contributed by atoms with Crippen molar-refractivity contribution in [2.75, 3.05) is 12.3 Å². The predicted octanol–water partition coefficient (Wildman–Crippen LogP) is 1.66. The van der Waals surface area contributed by atoms with Gasteiger partial charge in [0.2, 0.25) is 11.8 Å². The summed E-state index contributed by atoms with van der Waals surface area (Å²) in [4.78, 5) is 15.8. The van der Waals surface area contributed by atoms with E-state index in [2.05, 4.69) is 15.2 Å². The summed E-state index contributed by atoms with van der Waals surface area (Å²) in [5.74, 6) is -0.107. The maximum atomic E-state index is 11.8. The molecule has 0 saturated heterocycles. The molecule has 19 heavy (non-hydrogen) atoms. The third kappa shape index (κ3) is 3.01. The minimum absolute atomic E-state index is 0.110. The normalized spacial score (nSPS) is 10.2. The zero-order chi connectivity index (χ0) is 13.8. The van der Waals surface area contributed by atoms with Crippen LogP contribution in [0.15, 0.2) is 18.3 Å². The van der Waals surface area contributed by atoms with Crippen molar-refractivity contribution in [2.24, 2.45) is 0 Å². The second kappa shape index (κ2) is 5.38. The molecule has 2 aromatic heterocycles. The van der Waals surface area contributed by atoms with E-state index in [0.29, 0.717) is 11.6 Å². The van der Waals surface area contributed by atoms with Crippen LogP contribution in [0.4, 0.5) is 5.69 Å². The number of H-pyrrole nitrogens is 1. The summed E-state index contributed by atoms with van der Waals surface area (Å²) in [6, 6.07) is 3.15. The van der Waals surface area contributed by atoms with E-state index in [1.807, 2.05) is 6.92 Å². The molecule has 2 rings (SSSR count). The van der Waals surface area contributed by atoms with Gasteiger partial charge in [0.15, 0.2) is 0 Å². The van der Waals surface area contributed by atoms with E-state index in [1.54, 1.807) is 13.0 Å². The first-order chi connectivity index (χ1) is 9.10. The van der Waals surface area contributed by atoms with Crippen molar-refractivity contribution in [1.82, 2.24) is 15.2 Å². The number of rotatable bonds is 4. The van der Waals surface area contributed by atoms with Crippen LogP contribution >= 0.6 is 0 Å². The number of nitrogen functional groups attached to an aromatic ring is 1. The zero-order valence-electron chi connectivity index (χ0n) is 10.6. The molecule has 7 heteroatoms. The fraction of sp³-hybridized carbons (Fsp3) is 0.250. The maximum Gasteiger partial charge on any atom is 0.343 e. The Kier molecular flexibility index (Phi) is 3.65. The van der Waals surface area contributed by atoms with Gasteiger partial charge in [0, 0.05) is 11.8 Å². The Bertz CT molecular complexity index is 594. The van der Waals surface area contributed by atoms with Gasteiger partial charge < -0.3 is 15.2 Å². The smallest absolute Gasteiger partial charge is 0.343 e. The molecule has 3 N–H and O–H groups in total. The van der Waals surface area contributed by atoms with Crippen molar-refractivity contribution in [3.63, 3.8) is 0 Å². The third-order valence-electron chi connectivity index (χ3n) is 2.25. The van der Waals surface area contributed by atoms with Gasteiger partial charge in [0.05, 0.1) is 18.5 Å². The monoisotopic (exact) mass is 262 g/mol. The fourth-order valence-electron chi connectivity index (χ4n) is 1.45. The molecule has 100 valence electrons. The highest BCUT2D eigenvalue weighted by atomic mass is 16.5. The number of hydrogen-bond donors (Lipinski definition) is 2. The van der Waals surface area contributed by atoms with Crippen molar-refractivity contribution >= 4 is 11.7 Å². The van der Waals surface area contributed by atoms with E-state index >= 15 is 0 Å². The van der Waals surface area contributed by atoms with E-state index in [1.165, 1.54) is 12.3 Å². The van der Waals surface area contributed by atoms with Gasteiger partial charge in [0.25, 0.3) is 0 Å². The molecule has 0 aliphatic heterocycles. The molecule has 0 fully saturated rings. The van der Waals surface area contributed by atoms with Gasteiger partial charge in [-0.1, -0.05) is 0 Å². The first-order valence-corrected chi connectivity index (χ1v) is 5.72. The molecule has 0 radical (unpaired) electrons. The Labute approximate surface area is 109 Å². The average Bonchev–Trinajstić information content (AvgIpc) is 2.77. The van der Waals surface area contributed by atoms with Crippen LogP contribution in [0.2, 0.25) is 0 Å². The van der Waals surface area contributed by atoms with E-state index in [9.17, 15) is 4.79 Å². The summed E-state index contributed by atoms with van der Waals surface area (Å²) in [7, 11) is 0. The molecule has 2 aromatic rings. The van der Waals surface area contributed by atoms with Crippen LogP contribution in [0.25, 0.3) is 0 Å². The van der Waals surface area contributed by atoms with Gasteiger partial charge in [-0.25, -0.2) is 9.78 Å². The van der Waals surface area contributed by atoms with Gasteiger partial charge in [-0.15, -0.1) is 5.10 Å². The number of nitrogens with one attached hydrogen (secondary N) is 1. The number of aromatic nitrogens is 3. The Hall–Kier alpha value is -2.57. The summed E-state index contributed by atoms with van der Waals surface area (Å²) in [5.41, 5.74) is 6.97. The molecule has 7 nitrogen and oxygen atoms in total. The van der Waals surface area contributed by atoms with Gasteiger partial charge in [0.1, 0.15) is 5.56 Å². The van der Waals surface area contributed by atoms with Crippen molar-refractivity contribution in [2.45, 2.75) is 13.8 Å². The molecule has 0 saturated carbocycles. The number of carbonyl (C=O) groups is 1. The highest BCUT2D eigenvalue weighted by molar-refractivity contribution is 5.92. The fourth-order valence-corrected chi connectivity index (χ4v) is 1.45. The lowest BCUT2D eigenvalue weighted by atomic mass is 10.2. The predicted molar refractivity (Wildman–Crippen MR) is 68.0 cm³/mol.